The fourth-order valence-corrected chi connectivity index (χ4v) is 2.24. The maximum atomic E-state index is 12.3. The summed E-state index contributed by atoms with van der Waals surface area (Å²) in [6.45, 7) is -0.0605. The van der Waals surface area contributed by atoms with E-state index in [0.29, 0.717) is 17.7 Å². The number of H-pyrrole nitrogens is 1. The number of nitrogens with zero attached hydrogens (tertiary/aromatic N) is 4. The molecule has 6 N–H and O–H groups in total. The van der Waals surface area contributed by atoms with Crippen molar-refractivity contribution in [3.8, 4) is 0 Å². The third kappa shape index (κ3) is 4.43. The zero-order chi connectivity index (χ0) is 20.1. The number of aliphatic hydroxyl groups is 1. The van der Waals surface area contributed by atoms with E-state index in [9.17, 15) is 9.59 Å². The number of aliphatic hydroxyl groups excluding tert-OH is 1. The monoisotopic (exact) mass is 373 g/mol. The molecule has 2 aromatic rings. The number of anilines is 2. The first-order chi connectivity index (χ1) is 12.8. The highest BCUT2D eigenvalue weighted by atomic mass is 16.3. The van der Waals surface area contributed by atoms with Crippen LogP contribution >= 0.6 is 0 Å². The highest BCUT2D eigenvalue weighted by Gasteiger charge is 2.23. The largest absolute Gasteiger partial charge is 0.397 e. The molecule has 0 atom stereocenters. The molecule has 0 aliphatic carbocycles. The smallest absolute Gasteiger partial charge is 0.273 e. The molecule has 0 spiro atoms. The number of hydrogen-bond acceptors (Lipinski definition) is 7. The van der Waals surface area contributed by atoms with E-state index in [1.165, 1.54) is 23.0 Å². The van der Waals surface area contributed by atoms with Crippen molar-refractivity contribution in [1.29, 1.82) is 0 Å². The Bertz CT molecular complexity index is 843. The molecule has 1 aromatic heterocycles. The van der Waals surface area contributed by atoms with Gasteiger partial charge in [0.2, 0.25) is 12.4 Å². The van der Waals surface area contributed by atoms with Crippen LogP contribution in [0.4, 0.5) is 11.8 Å². The Morgan fingerprint density at radius 3 is 2.41 bits per heavy atom. The minimum atomic E-state index is -0.359. The van der Waals surface area contributed by atoms with Crippen LogP contribution in [0.2, 0.25) is 0 Å². The van der Waals surface area contributed by atoms with Gasteiger partial charge < -0.3 is 25.6 Å². The lowest BCUT2D eigenvalue weighted by atomic mass is 10.1. The molecule has 0 radical (unpaired) electrons. The predicted octanol–water partition coefficient (Wildman–Crippen LogP) is -0.166. The molecule has 0 saturated carbocycles. The van der Waals surface area contributed by atoms with Gasteiger partial charge in [-0.3, -0.25) is 14.6 Å². The van der Waals surface area contributed by atoms with E-state index in [0.717, 1.165) is 10.6 Å². The summed E-state index contributed by atoms with van der Waals surface area (Å²) < 4.78 is 0. The molecule has 0 bridgehead atoms. The van der Waals surface area contributed by atoms with E-state index in [1.54, 1.807) is 38.4 Å². The van der Waals surface area contributed by atoms with Gasteiger partial charge in [0, 0.05) is 27.3 Å². The average molecular weight is 373 g/mol. The van der Waals surface area contributed by atoms with Gasteiger partial charge in [-0.25, -0.2) is 5.84 Å². The van der Waals surface area contributed by atoms with Crippen molar-refractivity contribution in [2.75, 3.05) is 31.1 Å². The number of carbonyl (C=O) groups excluding carboxylic acids is 2. The van der Waals surface area contributed by atoms with E-state index in [-0.39, 0.29) is 30.0 Å². The van der Waals surface area contributed by atoms with Gasteiger partial charge in [0.1, 0.15) is 0 Å². The second-order valence-corrected chi connectivity index (χ2v) is 6.02. The molecule has 0 aliphatic heterocycles. The number of imidazole rings is 1. The van der Waals surface area contributed by atoms with Crippen LogP contribution in [0.1, 0.15) is 21.6 Å². The van der Waals surface area contributed by atoms with Crippen molar-refractivity contribution in [2.45, 2.75) is 6.61 Å². The minimum absolute atomic E-state index is 0.0605. The first-order valence-electron chi connectivity index (χ1n) is 7.99. The van der Waals surface area contributed by atoms with Crippen LogP contribution in [0.5, 0.6) is 0 Å². The van der Waals surface area contributed by atoms with E-state index >= 15 is 0 Å². The zero-order valence-corrected chi connectivity index (χ0v) is 15.4. The van der Waals surface area contributed by atoms with Crippen molar-refractivity contribution in [2.24, 2.45) is 11.6 Å². The number of aromatic amines is 1. The van der Waals surface area contributed by atoms with Crippen LogP contribution in [0, 0.1) is 0 Å². The number of amides is 2. The van der Waals surface area contributed by atoms with E-state index in [4.69, 9.17) is 16.7 Å². The molecule has 0 unspecified atom stereocenters. The average Bonchev–Trinajstić information content (AvgIpc) is 3.12. The number of nitrogens with one attached hydrogen (secondary N) is 1. The summed E-state index contributed by atoms with van der Waals surface area (Å²) in [4.78, 5) is 33.0. The summed E-state index contributed by atoms with van der Waals surface area (Å²) in [6, 6.07) is 6.99. The Morgan fingerprint density at radius 2 is 1.89 bits per heavy atom. The third-order valence-corrected chi connectivity index (χ3v) is 3.78. The van der Waals surface area contributed by atoms with Crippen LogP contribution < -0.4 is 21.5 Å². The van der Waals surface area contributed by atoms with Crippen LogP contribution in [-0.2, 0) is 11.4 Å². The normalized spacial score (nSPS) is 11.2. The van der Waals surface area contributed by atoms with Gasteiger partial charge in [0.15, 0.2) is 11.5 Å². The molecule has 1 aromatic carbocycles. The van der Waals surface area contributed by atoms with Gasteiger partial charge in [-0.15, -0.1) is 0 Å². The molecule has 0 saturated heterocycles. The van der Waals surface area contributed by atoms with Crippen molar-refractivity contribution < 1.29 is 14.7 Å². The Balaban J connectivity index is 2.35. The van der Waals surface area contributed by atoms with E-state index < -0.39 is 0 Å². The Labute approximate surface area is 156 Å². The molecular weight excluding hydrogens is 350 g/mol. The highest BCUT2D eigenvalue weighted by Crippen LogP contribution is 2.22. The quantitative estimate of drug-likeness (QED) is 0.300. The summed E-state index contributed by atoms with van der Waals surface area (Å²) in [5, 5.41) is 10.2. The van der Waals surface area contributed by atoms with Crippen LogP contribution in [0.3, 0.4) is 0 Å². The lowest BCUT2D eigenvalue weighted by molar-refractivity contribution is -0.107. The number of aromatic nitrogens is 2. The van der Waals surface area contributed by atoms with Gasteiger partial charge in [-0.05, 0) is 11.1 Å². The summed E-state index contributed by atoms with van der Waals surface area (Å²) in [5.41, 5.74) is 7.99. The number of nitrogens with two attached hydrogens (primary N) is 2. The van der Waals surface area contributed by atoms with E-state index in [1.807, 2.05) is 0 Å². The molecule has 0 fully saturated rings. The maximum Gasteiger partial charge on any atom is 0.273 e. The van der Waals surface area contributed by atoms with Gasteiger partial charge in [-0.2, -0.15) is 4.98 Å². The Hall–Kier alpha value is -3.37. The standard InChI is InChI=1S/C17H23N7O3/c1-22(2)16(27)14-15(23(3)10-26)21-17(20-14)24(19)8-13(18)12-6-4-11(9-25)5-7-12/h4-8,10,25H,9,18-19H2,1-3H3,(H,20,21)/b13-8-. The molecule has 2 amide bonds. The van der Waals surface area contributed by atoms with Crippen LogP contribution in [-0.4, -0.2) is 53.4 Å². The number of hydrazine groups is 1. The van der Waals surface area contributed by atoms with Crippen molar-refractivity contribution in [1.82, 2.24) is 14.9 Å². The highest BCUT2D eigenvalue weighted by molar-refractivity contribution is 5.99. The second-order valence-electron chi connectivity index (χ2n) is 6.02. The number of benzene rings is 1. The van der Waals surface area contributed by atoms with E-state index in [2.05, 4.69) is 9.97 Å². The zero-order valence-electron chi connectivity index (χ0n) is 15.4. The molecule has 1 heterocycles. The molecule has 10 nitrogen and oxygen atoms in total. The summed E-state index contributed by atoms with van der Waals surface area (Å²) in [7, 11) is 4.65. The maximum absolute atomic E-state index is 12.3. The van der Waals surface area contributed by atoms with Crippen molar-refractivity contribution >= 4 is 29.8 Å². The second kappa shape index (κ2) is 8.34. The fourth-order valence-electron chi connectivity index (χ4n) is 2.24. The number of hydrogen-bond donors (Lipinski definition) is 4. The van der Waals surface area contributed by atoms with Crippen molar-refractivity contribution in [3.63, 3.8) is 0 Å². The summed E-state index contributed by atoms with van der Waals surface area (Å²) in [6.07, 6.45) is 1.97. The van der Waals surface area contributed by atoms with Crippen LogP contribution in [0.15, 0.2) is 30.5 Å². The van der Waals surface area contributed by atoms with Gasteiger partial charge >= 0.3 is 0 Å². The fraction of sp³-hybridized carbons (Fsp3) is 0.235. The first-order valence-corrected chi connectivity index (χ1v) is 7.99. The first kappa shape index (κ1) is 19.9. The lowest BCUT2D eigenvalue weighted by Gasteiger charge is -2.12. The number of carbonyl (C=O) groups is 2. The Morgan fingerprint density at radius 1 is 1.26 bits per heavy atom. The number of rotatable bonds is 7. The summed E-state index contributed by atoms with van der Waals surface area (Å²) >= 11 is 0. The van der Waals surface area contributed by atoms with Gasteiger partial charge in [0.05, 0.1) is 12.3 Å². The predicted molar refractivity (Wildman–Crippen MR) is 102 cm³/mol. The summed E-state index contributed by atoms with van der Waals surface area (Å²) in [5.74, 6) is 5.93. The van der Waals surface area contributed by atoms with Gasteiger partial charge in [0.25, 0.3) is 5.91 Å². The molecule has 2 rings (SSSR count). The minimum Gasteiger partial charge on any atom is -0.397 e. The molecule has 10 heteroatoms. The Kier molecular flexibility index (Phi) is 6.16. The topological polar surface area (TPSA) is 145 Å². The molecule has 27 heavy (non-hydrogen) atoms. The van der Waals surface area contributed by atoms with Gasteiger partial charge in [-0.1, -0.05) is 24.3 Å². The molecule has 144 valence electrons. The van der Waals surface area contributed by atoms with Crippen LogP contribution in [0.25, 0.3) is 5.70 Å². The lowest BCUT2D eigenvalue weighted by Crippen LogP contribution is -2.27. The molecule has 0 aliphatic rings. The SMILES string of the molecule is CN(C)C(=O)c1[nH]c(N(N)/C=C(\N)c2ccc(CO)cc2)nc1N(C)C=O. The molecular formula is C17H23N7O3. The third-order valence-electron chi connectivity index (χ3n) is 3.78. The van der Waals surface area contributed by atoms with Crippen molar-refractivity contribution in [3.05, 3.63) is 47.3 Å².